The molecule has 3 unspecified atom stereocenters. The number of carbonyl (C=O) groups is 2. The number of carboxylic acid groups (broad SMARTS) is 1. The van der Waals surface area contributed by atoms with Crippen molar-refractivity contribution < 1.29 is 18.9 Å². The molecule has 6 nitrogen and oxygen atoms in total. The van der Waals surface area contributed by atoms with Gasteiger partial charge in [0.25, 0.3) is 0 Å². The first-order valence-electron chi connectivity index (χ1n) is 4.91. The lowest BCUT2D eigenvalue weighted by Gasteiger charge is -2.12. The number of urea groups is 1. The molecule has 0 aromatic heterocycles. The van der Waals surface area contributed by atoms with Gasteiger partial charge in [0.1, 0.15) is 0 Å². The van der Waals surface area contributed by atoms with Gasteiger partial charge in [-0.1, -0.05) is 6.92 Å². The molecule has 2 amide bonds. The van der Waals surface area contributed by atoms with Crippen molar-refractivity contribution in [1.29, 1.82) is 0 Å². The van der Waals surface area contributed by atoms with Crippen LogP contribution in [-0.4, -0.2) is 45.9 Å². The average Bonchev–Trinajstić information content (AvgIpc) is 2.21. The zero-order chi connectivity index (χ0) is 12.7. The number of aliphatic carboxylic acids is 1. The van der Waals surface area contributed by atoms with Gasteiger partial charge in [0.2, 0.25) is 0 Å². The molecule has 0 fully saturated rings. The monoisotopic (exact) mass is 250 g/mol. The fraction of sp³-hybridized carbons (Fsp3) is 0.778. The van der Waals surface area contributed by atoms with E-state index < -0.39 is 28.7 Å². The topological polar surface area (TPSA) is 95.5 Å². The van der Waals surface area contributed by atoms with Crippen molar-refractivity contribution in [3.8, 4) is 0 Å². The quantitative estimate of drug-likeness (QED) is 0.607. The van der Waals surface area contributed by atoms with E-state index in [9.17, 15) is 13.8 Å². The highest BCUT2D eigenvalue weighted by molar-refractivity contribution is 7.84. The Kier molecular flexibility index (Phi) is 6.71. The predicted octanol–water partition coefficient (Wildman–Crippen LogP) is -0.227. The fourth-order valence-corrected chi connectivity index (χ4v) is 1.07. The molecule has 0 aromatic rings. The Bertz CT molecular complexity index is 257. The fourth-order valence-electron chi connectivity index (χ4n) is 0.749. The van der Waals surface area contributed by atoms with Crippen LogP contribution in [0.2, 0.25) is 0 Å². The molecule has 0 radical (unpaired) electrons. The molecule has 0 bridgehead atoms. The number of hydrogen-bond acceptors (Lipinski definition) is 3. The van der Waals surface area contributed by atoms with Crippen LogP contribution in [0, 0.1) is 5.92 Å². The average molecular weight is 250 g/mol. The van der Waals surface area contributed by atoms with Gasteiger partial charge in [-0.05, 0) is 6.92 Å². The summed E-state index contributed by atoms with van der Waals surface area (Å²) in [4.78, 5) is 21.6. The zero-order valence-corrected chi connectivity index (χ0v) is 10.5. The van der Waals surface area contributed by atoms with E-state index in [4.69, 9.17) is 5.11 Å². The molecule has 3 atom stereocenters. The number of carbonyl (C=O) groups excluding carboxylic acids is 1. The van der Waals surface area contributed by atoms with Gasteiger partial charge >= 0.3 is 12.0 Å². The maximum Gasteiger partial charge on any atom is 0.314 e. The smallest absolute Gasteiger partial charge is 0.314 e. The van der Waals surface area contributed by atoms with Gasteiger partial charge in [-0.2, -0.15) is 0 Å². The van der Waals surface area contributed by atoms with Crippen molar-refractivity contribution in [2.45, 2.75) is 19.1 Å². The Labute approximate surface area is 97.3 Å². The van der Waals surface area contributed by atoms with E-state index in [1.54, 1.807) is 13.2 Å². The molecule has 0 aliphatic rings. The Morgan fingerprint density at radius 1 is 1.25 bits per heavy atom. The summed E-state index contributed by atoms with van der Waals surface area (Å²) in [6, 6.07) is -0.439. The molecule has 16 heavy (non-hydrogen) atoms. The third-order valence-electron chi connectivity index (χ3n) is 2.11. The summed E-state index contributed by atoms with van der Waals surface area (Å²) in [5.74, 6) is -1.58. The lowest BCUT2D eigenvalue weighted by Crippen LogP contribution is -2.42. The molecule has 0 aliphatic carbocycles. The van der Waals surface area contributed by atoms with E-state index in [0.717, 1.165) is 0 Å². The summed E-state index contributed by atoms with van der Waals surface area (Å²) in [5, 5.41) is 13.4. The minimum absolute atomic E-state index is 0.0742. The zero-order valence-electron chi connectivity index (χ0n) is 9.65. The summed E-state index contributed by atoms with van der Waals surface area (Å²) in [6.07, 6.45) is 1.57. The van der Waals surface area contributed by atoms with Crippen molar-refractivity contribution in [2.24, 2.45) is 5.92 Å². The Hall–Kier alpha value is -1.11. The van der Waals surface area contributed by atoms with E-state index >= 15 is 0 Å². The second-order valence-electron chi connectivity index (χ2n) is 3.64. The van der Waals surface area contributed by atoms with Gasteiger partial charge in [0.05, 0.1) is 5.92 Å². The highest BCUT2D eigenvalue weighted by Crippen LogP contribution is 1.92. The third-order valence-corrected chi connectivity index (χ3v) is 3.41. The highest BCUT2D eigenvalue weighted by Gasteiger charge is 2.12. The van der Waals surface area contributed by atoms with E-state index in [-0.39, 0.29) is 11.8 Å². The molecule has 0 heterocycles. The summed E-state index contributed by atoms with van der Waals surface area (Å²) < 4.78 is 11.0. The second-order valence-corrected chi connectivity index (χ2v) is 5.44. The van der Waals surface area contributed by atoms with Crippen molar-refractivity contribution in [2.75, 3.05) is 19.3 Å². The van der Waals surface area contributed by atoms with Crippen LogP contribution in [0.4, 0.5) is 4.79 Å². The van der Waals surface area contributed by atoms with Gasteiger partial charge in [0.15, 0.2) is 0 Å². The molecule has 0 saturated heterocycles. The lowest BCUT2D eigenvalue weighted by atomic mass is 10.2. The van der Waals surface area contributed by atoms with E-state index in [1.807, 2.05) is 0 Å². The first kappa shape index (κ1) is 14.9. The van der Waals surface area contributed by atoms with Crippen molar-refractivity contribution in [3.05, 3.63) is 0 Å². The van der Waals surface area contributed by atoms with Crippen LogP contribution in [0.15, 0.2) is 0 Å². The van der Waals surface area contributed by atoms with E-state index in [0.29, 0.717) is 6.54 Å². The summed E-state index contributed by atoms with van der Waals surface area (Å²) >= 11 is 0. The lowest BCUT2D eigenvalue weighted by molar-refractivity contribution is -0.140. The van der Waals surface area contributed by atoms with Crippen LogP contribution in [-0.2, 0) is 15.6 Å². The largest absolute Gasteiger partial charge is 0.481 e. The van der Waals surface area contributed by atoms with Crippen LogP contribution < -0.4 is 10.6 Å². The molecular formula is C9H18N2O4S. The normalized spacial score (nSPS) is 15.9. The van der Waals surface area contributed by atoms with Gasteiger partial charge < -0.3 is 15.7 Å². The van der Waals surface area contributed by atoms with E-state index in [2.05, 4.69) is 10.6 Å². The molecular weight excluding hydrogens is 232 g/mol. The van der Waals surface area contributed by atoms with Gasteiger partial charge in [-0.3, -0.25) is 9.00 Å². The molecule has 0 rings (SSSR count). The Morgan fingerprint density at radius 2 is 1.75 bits per heavy atom. The standard InChI is InChI=1S/C9H18N2O4S/c1-6(8(12)13)4-10-9(14)11-5-7(2)16(3)15/h6-7H,4-5H2,1-3H3,(H,12,13)(H2,10,11,14). The maximum atomic E-state index is 11.2. The highest BCUT2D eigenvalue weighted by atomic mass is 32.2. The second kappa shape index (κ2) is 7.21. The number of amides is 2. The summed E-state index contributed by atoms with van der Waals surface area (Å²) in [6.45, 7) is 3.64. The minimum atomic E-state index is -0.983. The molecule has 0 saturated carbocycles. The van der Waals surface area contributed by atoms with Crippen LogP contribution in [0.1, 0.15) is 13.8 Å². The SMILES string of the molecule is CC(CNC(=O)NCC(C)S(C)=O)C(=O)O. The van der Waals surface area contributed by atoms with Gasteiger partial charge in [-0.25, -0.2) is 4.79 Å². The van der Waals surface area contributed by atoms with Crippen LogP contribution in [0.3, 0.4) is 0 Å². The van der Waals surface area contributed by atoms with E-state index in [1.165, 1.54) is 6.92 Å². The number of hydrogen-bond donors (Lipinski definition) is 3. The summed E-state index contributed by atoms with van der Waals surface area (Å²) in [7, 11) is -0.983. The summed E-state index contributed by atoms with van der Waals surface area (Å²) in [5.41, 5.74) is 0. The Morgan fingerprint density at radius 3 is 2.19 bits per heavy atom. The van der Waals surface area contributed by atoms with Crippen molar-refractivity contribution in [1.82, 2.24) is 10.6 Å². The molecule has 7 heteroatoms. The number of carboxylic acids is 1. The van der Waals surface area contributed by atoms with Crippen LogP contribution >= 0.6 is 0 Å². The third kappa shape index (κ3) is 6.39. The molecule has 3 N–H and O–H groups in total. The number of nitrogens with one attached hydrogen (secondary N) is 2. The molecule has 94 valence electrons. The van der Waals surface area contributed by atoms with Crippen molar-refractivity contribution >= 4 is 22.8 Å². The van der Waals surface area contributed by atoms with Gasteiger partial charge in [-0.15, -0.1) is 0 Å². The van der Waals surface area contributed by atoms with Crippen LogP contribution in [0.25, 0.3) is 0 Å². The Balaban J connectivity index is 3.75. The predicted molar refractivity (Wildman–Crippen MR) is 61.7 cm³/mol. The maximum absolute atomic E-state index is 11.2. The molecule has 0 aromatic carbocycles. The van der Waals surface area contributed by atoms with Crippen LogP contribution in [0.5, 0.6) is 0 Å². The van der Waals surface area contributed by atoms with Gasteiger partial charge in [0, 0.05) is 35.4 Å². The minimum Gasteiger partial charge on any atom is -0.481 e. The number of rotatable bonds is 6. The van der Waals surface area contributed by atoms with Crippen molar-refractivity contribution in [3.63, 3.8) is 0 Å². The molecule has 0 aliphatic heterocycles. The first-order chi connectivity index (χ1) is 7.34. The first-order valence-corrected chi connectivity index (χ1v) is 6.53. The molecule has 0 spiro atoms.